The Labute approximate surface area is 116 Å². The Morgan fingerprint density at radius 3 is 2.37 bits per heavy atom. The van der Waals surface area contributed by atoms with Gasteiger partial charge in [-0.15, -0.1) is 0 Å². The lowest BCUT2D eigenvalue weighted by Gasteiger charge is -2.30. The summed E-state index contributed by atoms with van der Waals surface area (Å²) in [4.78, 5) is 11.7. The van der Waals surface area contributed by atoms with Gasteiger partial charge in [0.05, 0.1) is 17.5 Å². The molecule has 0 spiro atoms. The highest BCUT2D eigenvalue weighted by molar-refractivity contribution is 7.80. The first kappa shape index (κ1) is 16.2. The molecule has 1 unspecified atom stereocenters. The van der Waals surface area contributed by atoms with E-state index in [1.165, 1.54) is 0 Å². The third kappa shape index (κ3) is 6.22. The van der Waals surface area contributed by atoms with Crippen molar-refractivity contribution in [2.24, 2.45) is 11.7 Å². The molecule has 1 amide bonds. The molecule has 0 radical (unpaired) electrons. The fraction of sp³-hybridized carbons (Fsp3) is 0.833. The Hall–Kier alpha value is -0.850. The van der Waals surface area contributed by atoms with Crippen molar-refractivity contribution in [3.63, 3.8) is 0 Å². The van der Waals surface area contributed by atoms with Crippen LogP contribution >= 0.6 is 12.2 Å². The van der Waals surface area contributed by atoms with Crippen LogP contribution in [0.2, 0.25) is 0 Å². The third-order valence-corrected chi connectivity index (χ3v) is 3.63. The van der Waals surface area contributed by atoms with Gasteiger partial charge in [-0.3, -0.25) is 4.79 Å². The predicted molar refractivity (Wildman–Crippen MR) is 70.6 cm³/mol. The Morgan fingerprint density at radius 1 is 1.32 bits per heavy atom. The van der Waals surface area contributed by atoms with Crippen molar-refractivity contribution >= 4 is 23.1 Å². The summed E-state index contributed by atoms with van der Waals surface area (Å²) in [6.07, 6.45) is -0.972. The Balaban J connectivity index is 2.48. The van der Waals surface area contributed by atoms with Crippen molar-refractivity contribution in [2.75, 3.05) is 0 Å². The number of hydrogen-bond donors (Lipinski definition) is 2. The minimum atomic E-state index is -4.32. The molecule has 1 fully saturated rings. The molecule has 0 aromatic rings. The number of carbonyl (C=O) groups is 1. The molecule has 1 rings (SSSR count). The molecule has 0 saturated heterocycles. The zero-order chi connectivity index (χ0) is 14.5. The second kappa shape index (κ2) is 7.07. The Morgan fingerprint density at radius 2 is 1.89 bits per heavy atom. The van der Waals surface area contributed by atoms with E-state index < -0.39 is 31.0 Å². The molecule has 1 aliphatic carbocycles. The number of amides is 1. The van der Waals surface area contributed by atoms with Gasteiger partial charge in [0, 0.05) is 6.42 Å². The quantitative estimate of drug-likeness (QED) is 0.767. The minimum Gasteiger partial charge on any atom is -0.392 e. The molecule has 0 aromatic heterocycles. The van der Waals surface area contributed by atoms with Crippen molar-refractivity contribution in [3.8, 4) is 0 Å². The van der Waals surface area contributed by atoms with Crippen LogP contribution in [0, 0.1) is 5.92 Å². The molecule has 1 aliphatic rings. The van der Waals surface area contributed by atoms with Gasteiger partial charge in [0.2, 0.25) is 5.91 Å². The monoisotopic (exact) mass is 296 g/mol. The van der Waals surface area contributed by atoms with E-state index in [1.807, 2.05) is 0 Å². The van der Waals surface area contributed by atoms with Gasteiger partial charge < -0.3 is 11.1 Å². The second-order valence-corrected chi connectivity index (χ2v) is 5.43. The van der Waals surface area contributed by atoms with Crippen LogP contribution in [0.4, 0.5) is 13.2 Å². The molecule has 7 heteroatoms. The van der Waals surface area contributed by atoms with Crippen LogP contribution in [0.25, 0.3) is 0 Å². The topological polar surface area (TPSA) is 55.1 Å². The molecule has 0 aliphatic heterocycles. The fourth-order valence-electron chi connectivity index (χ4n) is 2.39. The molecule has 1 saturated carbocycles. The summed E-state index contributed by atoms with van der Waals surface area (Å²) < 4.78 is 36.1. The third-order valence-electron chi connectivity index (χ3n) is 3.38. The van der Waals surface area contributed by atoms with E-state index in [1.54, 1.807) is 0 Å². The molecular formula is C12H19F3N2OS. The van der Waals surface area contributed by atoms with Gasteiger partial charge in [0.1, 0.15) is 0 Å². The number of hydrogen-bond acceptors (Lipinski definition) is 2. The van der Waals surface area contributed by atoms with E-state index in [4.69, 9.17) is 18.0 Å². The predicted octanol–water partition coefficient (Wildman–Crippen LogP) is 2.68. The molecule has 3 N–H and O–H groups in total. The first-order valence-corrected chi connectivity index (χ1v) is 6.86. The molecule has 0 heterocycles. The fourth-order valence-corrected chi connectivity index (χ4v) is 2.64. The van der Waals surface area contributed by atoms with E-state index in [0.717, 1.165) is 32.1 Å². The number of carbonyl (C=O) groups excluding carboxylic acids is 1. The normalized spacial score (nSPS) is 18.9. The van der Waals surface area contributed by atoms with Gasteiger partial charge in [0.25, 0.3) is 0 Å². The van der Waals surface area contributed by atoms with E-state index in [2.05, 4.69) is 5.32 Å². The van der Waals surface area contributed by atoms with Gasteiger partial charge in [-0.05, 0) is 18.8 Å². The Kier molecular flexibility index (Phi) is 6.03. The van der Waals surface area contributed by atoms with Crippen LogP contribution in [0.15, 0.2) is 0 Å². The van der Waals surface area contributed by atoms with Gasteiger partial charge >= 0.3 is 6.18 Å². The number of nitrogens with two attached hydrogens (primary N) is 1. The van der Waals surface area contributed by atoms with Gasteiger partial charge in [-0.2, -0.15) is 13.2 Å². The van der Waals surface area contributed by atoms with Crippen LogP contribution < -0.4 is 11.1 Å². The number of rotatable bonds is 5. The first-order valence-electron chi connectivity index (χ1n) is 6.45. The summed E-state index contributed by atoms with van der Waals surface area (Å²) in [6, 6.07) is -0.476. The zero-order valence-electron chi connectivity index (χ0n) is 10.6. The number of halogens is 3. The van der Waals surface area contributed by atoms with Crippen LogP contribution in [-0.2, 0) is 4.79 Å². The van der Waals surface area contributed by atoms with Gasteiger partial charge in [-0.25, -0.2) is 0 Å². The molecule has 110 valence electrons. The maximum atomic E-state index is 12.0. The summed E-state index contributed by atoms with van der Waals surface area (Å²) >= 11 is 4.91. The standard InChI is InChI=1S/C12H19F3N2OS/c13-12(14,15)7-6-9(18)17-10(11(16)19)8-4-2-1-3-5-8/h8,10H,1-7H2,(H2,16,19)(H,17,18). The smallest absolute Gasteiger partial charge is 0.389 e. The Bertz CT molecular complexity index is 327. The van der Waals surface area contributed by atoms with Crippen molar-refractivity contribution in [1.82, 2.24) is 5.32 Å². The zero-order valence-corrected chi connectivity index (χ0v) is 11.4. The van der Waals surface area contributed by atoms with Gasteiger partial charge in [-0.1, -0.05) is 31.5 Å². The summed E-state index contributed by atoms with van der Waals surface area (Å²) in [5.74, 6) is -0.484. The first-order chi connectivity index (χ1) is 8.79. The van der Waals surface area contributed by atoms with E-state index >= 15 is 0 Å². The maximum Gasteiger partial charge on any atom is 0.389 e. The highest BCUT2D eigenvalue weighted by Gasteiger charge is 2.30. The highest BCUT2D eigenvalue weighted by Crippen LogP contribution is 2.27. The molecule has 1 atom stereocenters. The van der Waals surface area contributed by atoms with Gasteiger partial charge in [0.15, 0.2) is 0 Å². The summed E-state index contributed by atoms with van der Waals surface area (Å²) in [5.41, 5.74) is 5.59. The molecular weight excluding hydrogens is 277 g/mol. The molecule has 0 aromatic carbocycles. The van der Waals surface area contributed by atoms with Crippen LogP contribution in [0.1, 0.15) is 44.9 Å². The average molecular weight is 296 g/mol. The second-order valence-electron chi connectivity index (χ2n) is 4.96. The van der Waals surface area contributed by atoms with E-state index in [0.29, 0.717) is 0 Å². The van der Waals surface area contributed by atoms with Crippen LogP contribution in [0.3, 0.4) is 0 Å². The average Bonchev–Trinajstić information content (AvgIpc) is 2.33. The number of nitrogens with one attached hydrogen (secondary N) is 1. The summed E-state index contributed by atoms with van der Waals surface area (Å²) in [6.45, 7) is 0. The largest absolute Gasteiger partial charge is 0.392 e. The van der Waals surface area contributed by atoms with Crippen molar-refractivity contribution < 1.29 is 18.0 Å². The van der Waals surface area contributed by atoms with Crippen LogP contribution in [0.5, 0.6) is 0 Å². The summed E-state index contributed by atoms with van der Waals surface area (Å²) in [7, 11) is 0. The number of alkyl halides is 3. The summed E-state index contributed by atoms with van der Waals surface area (Å²) in [5, 5.41) is 2.55. The minimum absolute atomic E-state index is 0.154. The molecule has 3 nitrogen and oxygen atoms in total. The van der Waals surface area contributed by atoms with Crippen LogP contribution in [-0.4, -0.2) is 23.1 Å². The van der Waals surface area contributed by atoms with Crippen molar-refractivity contribution in [3.05, 3.63) is 0 Å². The highest BCUT2D eigenvalue weighted by atomic mass is 32.1. The van der Waals surface area contributed by atoms with Crippen molar-refractivity contribution in [2.45, 2.75) is 57.2 Å². The lowest BCUT2D eigenvalue weighted by Crippen LogP contribution is -2.48. The lowest BCUT2D eigenvalue weighted by atomic mass is 9.83. The maximum absolute atomic E-state index is 12.0. The van der Waals surface area contributed by atoms with E-state index in [-0.39, 0.29) is 10.9 Å². The lowest BCUT2D eigenvalue weighted by molar-refractivity contribution is -0.144. The van der Waals surface area contributed by atoms with Crippen molar-refractivity contribution in [1.29, 1.82) is 0 Å². The molecule has 0 bridgehead atoms. The number of thiocarbonyl (C=S) groups is 1. The molecule has 19 heavy (non-hydrogen) atoms. The SMILES string of the molecule is NC(=S)C(NC(=O)CCC(F)(F)F)C1CCCCC1. The van der Waals surface area contributed by atoms with E-state index in [9.17, 15) is 18.0 Å².